The van der Waals surface area contributed by atoms with Gasteiger partial charge in [-0.2, -0.15) is 5.26 Å². The summed E-state index contributed by atoms with van der Waals surface area (Å²) in [5, 5.41) is 11.5. The summed E-state index contributed by atoms with van der Waals surface area (Å²) in [5.74, 6) is 0.0335. The number of hydrogen-bond donors (Lipinski definition) is 1. The molecule has 1 N–H and O–H groups in total. The van der Waals surface area contributed by atoms with Gasteiger partial charge in [0.2, 0.25) is 0 Å². The highest BCUT2D eigenvalue weighted by Crippen LogP contribution is 2.32. The normalized spacial score (nSPS) is 15.6. The Morgan fingerprint density at radius 2 is 2.00 bits per heavy atom. The SMILES string of the molecule is N#Cc1ccc(-c2cncc3cc(/C=C4/SC(=O)NC4=O)oc23)cc1. The van der Waals surface area contributed by atoms with Crippen LogP contribution in [0, 0.1) is 11.3 Å². The summed E-state index contributed by atoms with van der Waals surface area (Å²) in [5.41, 5.74) is 2.85. The summed E-state index contributed by atoms with van der Waals surface area (Å²) >= 11 is 0.838. The molecule has 1 saturated heterocycles. The lowest BCUT2D eigenvalue weighted by Gasteiger charge is -2.01. The fourth-order valence-corrected chi connectivity index (χ4v) is 3.20. The number of furan rings is 1. The van der Waals surface area contributed by atoms with Crippen molar-refractivity contribution in [1.29, 1.82) is 5.26 Å². The van der Waals surface area contributed by atoms with E-state index in [4.69, 9.17) is 9.68 Å². The number of hydrogen-bond acceptors (Lipinski definition) is 6. The average Bonchev–Trinajstić information content (AvgIpc) is 3.17. The zero-order chi connectivity index (χ0) is 17.4. The van der Waals surface area contributed by atoms with Crippen molar-refractivity contribution in [2.45, 2.75) is 0 Å². The van der Waals surface area contributed by atoms with Gasteiger partial charge in [-0.05, 0) is 35.5 Å². The number of pyridine rings is 1. The van der Waals surface area contributed by atoms with Gasteiger partial charge in [0.15, 0.2) is 0 Å². The highest BCUT2D eigenvalue weighted by atomic mass is 32.2. The Morgan fingerprint density at radius 1 is 1.20 bits per heavy atom. The van der Waals surface area contributed by atoms with E-state index < -0.39 is 11.1 Å². The molecule has 0 spiro atoms. The Balaban J connectivity index is 1.79. The van der Waals surface area contributed by atoms with Crippen molar-refractivity contribution in [2.75, 3.05) is 0 Å². The number of carbonyl (C=O) groups is 2. The summed E-state index contributed by atoms with van der Waals surface area (Å²) in [7, 11) is 0. The van der Waals surface area contributed by atoms with E-state index in [2.05, 4.69) is 16.4 Å². The molecule has 1 aliphatic heterocycles. The molecule has 0 aliphatic carbocycles. The molecule has 3 aromatic rings. The molecule has 1 aliphatic rings. The van der Waals surface area contributed by atoms with Crippen molar-refractivity contribution in [1.82, 2.24) is 10.3 Å². The van der Waals surface area contributed by atoms with Crippen LogP contribution in [-0.4, -0.2) is 16.1 Å². The molecule has 0 unspecified atom stereocenters. The molecule has 0 radical (unpaired) electrons. The third kappa shape index (κ3) is 2.79. The predicted octanol–water partition coefficient (Wildman–Crippen LogP) is 3.69. The maximum Gasteiger partial charge on any atom is 0.290 e. The monoisotopic (exact) mass is 347 g/mol. The summed E-state index contributed by atoms with van der Waals surface area (Å²) in [6.07, 6.45) is 4.89. The van der Waals surface area contributed by atoms with Gasteiger partial charge in [-0.1, -0.05) is 12.1 Å². The second kappa shape index (κ2) is 5.92. The topological polar surface area (TPSA) is 96.0 Å². The van der Waals surface area contributed by atoms with Crippen LogP contribution in [0.25, 0.3) is 28.2 Å². The van der Waals surface area contributed by atoms with E-state index in [0.29, 0.717) is 16.9 Å². The molecule has 3 heterocycles. The number of aromatic nitrogens is 1. The van der Waals surface area contributed by atoms with Crippen molar-refractivity contribution in [2.24, 2.45) is 0 Å². The van der Waals surface area contributed by atoms with Crippen LogP contribution in [0.2, 0.25) is 0 Å². The number of nitrogens with one attached hydrogen (secondary N) is 1. The van der Waals surface area contributed by atoms with Crippen LogP contribution in [0.3, 0.4) is 0 Å². The second-order valence-corrected chi connectivity index (χ2v) is 6.31. The maximum absolute atomic E-state index is 11.7. The molecule has 0 saturated carbocycles. The highest BCUT2D eigenvalue weighted by Gasteiger charge is 2.25. The summed E-state index contributed by atoms with van der Waals surface area (Å²) in [6, 6.07) is 11.0. The van der Waals surface area contributed by atoms with Crippen LogP contribution in [0.1, 0.15) is 11.3 Å². The number of rotatable bonds is 2. The first-order chi connectivity index (χ1) is 12.1. The lowest BCUT2D eigenvalue weighted by atomic mass is 10.0. The number of carbonyl (C=O) groups excluding carboxylic acids is 2. The lowest BCUT2D eigenvalue weighted by molar-refractivity contribution is -0.115. The maximum atomic E-state index is 11.7. The van der Waals surface area contributed by atoms with E-state index in [-0.39, 0.29) is 4.91 Å². The molecule has 120 valence electrons. The van der Waals surface area contributed by atoms with E-state index in [0.717, 1.165) is 28.3 Å². The van der Waals surface area contributed by atoms with Crippen molar-refractivity contribution in [3.05, 3.63) is 59.0 Å². The van der Waals surface area contributed by atoms with E-state index >= 15 is 0 Å². The minimum atomic E-state index is -0.430. The number of imide groups is 1. The lowest BCUT2D eigenvalue weighted by Crippen LogP contribution is -2.17. The molecule has 7 heteroatoms. The third-order valence-corrected chi connectivity index (χ3v) is 4.49. The van der Waals surface area contributed by atoms with Crippen LogP contribution < -0.4 is 5.32 Å². The first-order valence-electron chi connectivity index (χ1n) is 7.27. The van der Waals surface area contributed by atoms with Crippen molar-refractivity contribution in [3.8, 4) is 17.2 Å². The summed E-state index contributed by atoms with van der Waals surface area (Å²) < 4.78 is 5.87. The molecule has 25 heavy (non-hydrogen) atoms. The third-order valence-electron chi connectivity index (χ3n) is 3.68. The molecule has 0 atom stereocenters. The molecule has 0 bridgehead atoms. The van der Waals surface area contributed by atoms with Gasteiger partial charge in [0.1, 0.15) is 11.3 Å². The smallest absolute Gasteiger partial charge is 0.290 e. The average molecular weight is 347 g/mol. The Bertz CT molecular complexity index is 1090. The standard InChI is InChI=1S/C18H9N3O3S/c19-7-10-1-3-11(4-2-10)14-9-20-8-12-5-13(24-16(12)14)6-15-17(22)21-18(23)25-15/h1-6,8-9H,(H,21,22,23)/b15-6+. The zero-order valence-corrected chi connectivity index (χ0v) is 13.5. The Hall–Kier alpha value is -3.37. The molecule has 2 aromatic heterocycles. The van der Waals surface area contributed by atoms with Crippen LogP contribution in [-0.2, 0) is 4.79 Å². The van der Waals surface area contributed by atoms with Gasteiger partial charge in [-0.3, -0.25) is 19.9 Å². The van der Waals surface area contributed by atoms with E-state index in [1.54, 1.807) is 30.6 Å². The van der Waals surface area contributed by atoms with Crippen molar-refractivity contribution >= 4 is 40.0 Å². The quantitative estimate of drug-likeness (QED) is 0.710. The van der Waals surface area contributed by atoms with Gasteiger partial charge in [-0.15, -0.1) is 0 Å². The highest BCUT2D eigenvalue weighted by molar-refractivity contribution is 8.18. The van der Waals surface area contributed by atoms with Crippen LogP contribution in [0.15, 0.2) is 52.0 Å². The Kier molecular flexibility index (Phi) is 3.60. The minimum absolute atomic E-state index is 0.289. The second-order valence-electron chi connectivity index (χ2n) is 5.30. The first kappa shape index (κ1) is 15.2. The van der Waals surface area contributed by atoms with Gasteiger partial charge in [-0.25, -0.2) is 0 Å². The Morgan fingerprint density at radius 3 is 2.68 bits per heavy atom. The largest absolute Gasteiger partial charge is 0.456 e. The zero-order valence-electron chi connectivity index (χ0n) is 12.6. The molecular formula is C18H9N3O3S. The fourth-order valence-electron chi connectivity index (χ4n) is 2.53. The number of amides is 2. The number of nitriles is 1. The van der Waals surface area contributed by atoms with Crippen molar-refractivity contribution in [3.63, 3.8) is 0 Å². The summed E-state index contributed by atoms with van der Waals surface area (Å²) in [6.45, 7) is 0. The van der Waals surface area contributed by atoms with Gasteiger partial charge in [0.05, 0.1) is 16.5 Å². The van der Waals surface area contributed by atoms with Crippen LogP contribution in [0.4, 0.5) is 4.79 Å². The molecule has 1 fully saturated rings. The Labute approximate surface area is 146 Å². The van der Waals surface area contributed by atoms with Gasteiger partial charge < -0.3 is 4.42 Å². The van der Waals surface area contributed by atoms with Gasteiger partial charge in [0, 0.05) is 29.4 Å². The van der Waals surface area contributed by atoms with E-state index in [1.807, 2.05) is 12.1 Å². The number of fused-ring (bicyclic) bond motifs is 1. The summed E-state index contributed by atoms with van der Waals surface area (Å²) in [4.78, 5) is 27.4. The first-order valence-corrected chi connectivity index (χ1v) is 8.08. The molecule has 4 rings (SSSR count). The molecular weight excluding hydrogens is 338 g/mol. The van der Waals surface area contributed by atoms with Crippen LogP contribution >= 0.6 is 11.8 Å². The fraction of sp³-hybridized carbons (Fsp3) is 0. The molecule has 1 aromatic carbocycles. The van der Waals surface area contributed by atoms with Gasteiger partial charge >= 0.3 is 0 Å². The van der Waals surface area contributed by atoms with E-state index in [1.165, 1.54) is 6.08 Å². The molecule has 6 nitrogen and oxygen atoms in total. The van der Waals surface area contributed by atoms with Gasteiger partial charge in [0.25, 0.3) is 11.1 Å². The van der Waals surface area contributed by atoms with Crippen LogP contribution in [0.5, 0.6) is 0 Å². The number of thioether (sulfide) groups is 1. The minimum Gasteiger partial charge on any atom is -0.456 e. The molecule has 2 amide bonds. The van der Waals surface area contributed by atoms with E-state index in [9.17, 15) is 9.59 Å². The number of nitrogens with zero attached hydrogens (tertiary/aromatic N) is 2. The number of benzene rings is 1. The predicted molar refractivity (Wildman–Crippen MR) is 93.3 cm³/mol. The van der Waals surface area contributed by atoms with Crippen molar-refractivity contribution < 1.29 is 14.0 Å².